The molecule has 2 N–H and O–H groups in total. The Morgan fingerprint density at radius 1 is 1.26 bits per heavy atom. The molecule has 2 heterocycles. The minimum absolute atomic E-state index is 0.0494. The number of halogens is 1. The largest absolute Gasteiger partial charge is 0.355 e. The van der Waals surface area contributed by atoms with E-state index < -0.39 is 0 Å². The Labute approximate surface area is 200 Å². The lowest BCUT2D eigenvalue weighted by atomic mass is 10.0. The Morgan fingerprint density at radius 3 is 2.84 bits per heavy atom. The average molecular weight is 514 g/mol. The molecule has 0 saturated heterocycles. The number of hydrogen-bond acceptors (Lipinski definition) is 6. The van der Waals surface area contributed by atoms with Gasteiger partial charge in [-0.1, -0.05) is 58.0 Å². The monoisotopic (exact) mass is 512 g/mol. The van der Waals surface area contributed by atoms with Crippen molar-refractivity contribution in [3.8, 4) is 0 Å². The first-order valence-electron chi connectivity index (χ1n) is 10.1. The molecule has 4 nitrogen and oxygen atoms in total. The molecule has 7 heteroatoms. The Kier molecular flexibility index (Phi) is 7.25. The second kappa shape index (κ2) is 10.1. The lowest BCUT2D eigenvalue weighted by molar-refractivity contribution is 0.651. The number of aromatic nitrogens is 1. The molecule has 2 aromatic carbocycles. The van der Waals surface area contributed by atoms with Crippen molar-refractivity contribution in [1.82, 2.24) is 15.7 Å². The molecule has 31 heavy (non-hydrogen) atoms. The fourth-order valence-corrected chi connectivity index (χ4v) is 5.62. The molecule has 0 amide bonds. The molecule has 0 saturated carbocycles. The zero-order valence-corrected chi connectivity index (χ0v) is 21.0. The smallest absolute Gasteiger partial charge is 0.165 e. The van der Waals surface area contributed by atoms with Gasteiger partial charge in [0.1, 0.15) is 0 Å². The van der Waals surface area contributed by atoms with Crippen molar-refractivity contribution < 1.29 is 0 Å². The van der Waals surface area contributed by atoms with Crippen LogP contribution in [-0.2, 0) is 6.42 Å². The van der Waals surface area contributed by atoms with Crippen LogP contribution in [0.2, 0.25) is 0 Å². The number of hydrazone groups is 1. The van der Waals surface area contributed by atoms with Crippen LogP contribution < -0.4 is 10.7 Å². The summed E-state index contributed by atoms with van der Waals surface area (Å²) in [4.78, 5) is 6.15. The minimum Gasteiger partial charge on any atom is -0.355 e. The molecule has 1 unspecified atom stereocenters. The third-order valence-corrected chi connectivity index (χ3v) is 7.44. The van der Waals surface area contributed by atoms with Crippen LogP contribution in [0.25, 0.3) is 16.6 Å². The van der Waals surface area contributed by atoms with Gasteiger partial charge in [-0.05, 0) is 67.7 Å². The standard InChI is InChI=1S/C24H25BrN4S2/c1-15(28-29-24-27-22(14-31-24)17-7-5-4-6-8-17)9-11-19-16(2)26-21-12-10-18(25)13-20(21)23(19)30-3/h4-8,10,12-14,24,27,29H,9,11H2,1-3H3. The summed E-state index contributed by atoms with van der Waals surface area (Å²) in [5.41, 5.74) is 10.2. The SMILES string of the molecule is CSc1c(CCC(C)=NNC2NC(c3ccccc3)=CS2)c(C)nc2ccc(Br)cc12. The number of hydrogen-bond donors (Lipinski definition) is 2. The zero-order chi connectivity index (χ0) is 21.8. The van der Waals surface area contributed by atoms with Gasteiger partial charge in [-0.2, -0.15) is 5.10 Å². The Balaban J connectivity index is 1.40. The number of pyridine rings is 1. The third-order valence-electron chi connectivity index (χ3n) is 5.21. The highest BCUT2D eigenvalue weighted by Gasteiger charge is 2.17. The van der Waals surface area contributed by atoms with E-state index in [1.165, 1.54) is 21.4 Å². The maximum Gasteiger partial charge on any atom is 0.165 e. The topological polar surface area (TPSA) is 49.3 Å². The van der Waals surface area contributed by atoms with Crippen molar-refractivity contribution in [2.24, 2.45) is 5.10 Å². The van der Waals surface area contributed by atoms with Crippen molar-refractivity contribution in [2.45, 2.75) is 37.1 Å². The number of rotatable bonds is 7. The van der Waals surface area contributed by atoms with Gasteiger partial charge in [-0.25, -0.2) is 0 Å². The van der Waals surface area contributed by atoms with E-state index in [-0.39, 0.29) is 5.50 Å². The third kappa shape index (κ3) is 5.27. The summed E-state index contributed by atoms with van der Waals surface area (Å²) in [6.07, 6.45) is 3.95. The summed E-state index contributed by atoms with van der Waals surface area (Å²) < 4.78 is 1.08. The summed E-state index contributed by atoms with van der Waals surface area (Å²) in [5.74, 6) is 0. The summed E-state index contributed by atoms with van der Waals surface area (Å²) in [6, 6.07) is 16.7. The predicted molar refractivity (Wildman–Crippen MR) is 139 cm³/mol. The lowest BCUT2D eigenvalue weighted by Gasteiger charge is -2.15. The van der Waals surface area contributed by atoms with Crippen molar-refractivity contribution >= 4 is 61.8 Å². The summed E-state index contributed by atoms with van der Waals surface area (Å²) in [5, 5.41) is 11.5. The van der Waals surface area contributed by atoms with Crippen LogP contribution in [-0.4, -0.2) is 22.4 Å². The van der Waals surface area contributed by atoms with Crippen LogP contribution in [0, 0.1) is 6.92 Å². The van der Waals surface area contributed by atoms with E-state index in [0.29, 0.717) is 0 Å². The van der Waals surface area contributed by atoms with Crippen LogP contribution in [0.15, 0.2) is 68.4 Å². The molecule has 1 aromatic heterocycles. The van der Waals surface area contributed by atoms with E-state index in [4.69, 9.17) is 4.98 Å². The number of aryl methyl sites for hydroxylation is 1. The first-order valence-corrected chi connectivity index (χ1v) is 13.1. The molecule has 4 rings (SSSR count). The van der Waals surface area contributed by atoms with E-state index in [9.17, 15) is 0 Å². The van der Waals surface area contributed by atoms with Crippen molar-refractivity contribution in [3.05, 3.63) is 75.2 Å². The summed E-state index contributed by atoms with van der Waals surface area (Å²) in [7, 11) is 0. The van der Waals surface area contributed by atoms with Crippen molar-refractivity contribution in [3.63, 3.8) is 0 Å². The number of benzene rings is 2. The van der Waals surface area contributed by atoms with Gasteiger partial charge >= 0.3 is 0 Å². The van der Waals surface area contributed by atoms with Gasteiger partial charge in [0, 0.05) is 26.2 Å². The van der Waals surface area contributed by atoms with Gasteiger partial charge < -0.3 is 5.32 Å². The molecule has 0 aliphatic carbocycles. The molecule has 1 atom stereocenters. The van der Waals surface area contributed by atoms with Gasteiger partial charge in [0.25, 0.3) is 0 Å². The van der Waals surface area contributed by atoms with Gasteiger partial charge in [0.2, 0.25) is 0 Å². The van der Waals surface area contributed by atoms with Crippen LogP contribution in [0.4, 0.5) is 0 Å². The fourth-order valence-electron chi connectivity index (χ4n) is 3.60. The maximum atomic E-state index is 4.84. The van der Waals surface area contributed by atoms with E-state index >= 15 is 0 Å². The number of thioether (sulfide) groups is 2. The quantitative estimate of drug-likeness (QED) is 0.213. The first-order chi connectivity index (χ1) is 15.0. The molecule has 0 fully saturated rings. The number of nitrogens with one attached hydrogen (secondary N) is 2. The van der Waals surface area contributed by atoms with E-state index in [0.717, 1.165) is 39.9 Å². The van der Waals surface area contributed by atoms with Crippen molar-refractivity contribution in [1.29, 1.82) is 0 Å². The summed E-state index contributed by atoms with van der Waals surface area (Å²) in [6.45, 7) is 4.19. The molecular weight excluding hydrogens is 488 g/mol. The second-order valence-corrected chi connectivity index (χ2v) is 10.1. The molecule has 160 valence electrons. The molecule has 0 radical (unpaired) electrons. The molecule has 0 spiro atoms. The predicted octanol–water partition coefficient (Wildman–Crippen LogP) is 6.54. The Bertz CT molecular complexity index is 1150. The first kappa shape index (κ1) is 22.2. The minimum atomic E-state index is 0.0494. The molecular formula is C24H25BrN4S2. The zero-order valence-electron chi connectivity index (χ0n) is 17.8. The molecule has 3 aromatic rings. The molecule has 0 bridgehead atoms. The lowest BCUT2D eigenvalue weighted by Crippen LogP contribution is -2.32. The van der Waals surface area contributed by atoms with E-state index in [2.05, 4.69) is 93.7 Å². The average Bonchev–Trinajstić information content (AvgIpc) is 3.26. The molecule has 1 aliphatic heterocycles. The Hall–Kier alpha value is -1.96. The van der Waals surface area contributed by atoms with Gasteiger partial charge in [-0.3, -0.25) is 10.4 Å². The highest BCUT2D eigenvalue weighted by molar-refractivity contribution is 9.10. The van der Waals surface area contributed by atoms with Crippen LogP contribution in [0.3, 0.4) is 0 Å². The maximum absolute atomic E-state index is 4.84. The number of nitrogens with zero attached hydrogens (tertiary/aromatic N) is 2. The van der Waals surface area contributed by atoms with Crippen molar-refractivity contribution in [2.75, 3.05) is 6.26 Å². The number of fused-ring (bicyclic) bond motifs is 1. The Morgan fingerprint density at radius 2 is 2.06 bits per heavy atom. The van der Waals surface area contributed by atoms with Gasteiger partial charge in [0.05, 0.1) is 11.2 Å². The van der Waals surface area contributed by atoms with Crippen LogP contribution in [0.1, 0.15) is 30.2 Å². The van der Waals surface area contributed by atoms with Gasteiger partial charge in [0.15, 0.2) is 5.50 Å². The van der Waals surface area contributed by atoms with E-state index in [1.807, 2.05) is 12.1 Å². The normalized spacial score (nSPS) is 16.3. The van der Waals surface area contributed by atoms with Gasteiger partial charge in [-0.15, -0.1) is 11.8 Å². The highest BCUT2D eigenvalue weighted by atomic mass is 79.9. The fraction of sp³-hybridized carbons (Fsp3) is 0.250. The highest BCUT2D eigenvalue weighted by Crippen LogP contribution is 2.33. The van der Waals surface area contributed by atoms with E-state index in [1.54, 1.807) is 23.5 Å². The van der Waals surface area contributed by atoms with Crippen LogP contribution in [0.5, 0.6) is 0 Å². The molecule has 1 aliphatic rings. The van der Waals surface area contributed by atoms with Crippen LogP contribution >= 0.6 is 39.5 Å². The second-order valence-electron chi connectivity index (χ2n) is 7.40. The summed E-state index contributed by atoms with van der Waals surface area (Å²) >= 11 is 7.09.